The molecule has 0 aliphatic heterocycles. The van der Waals surface area contributed by atoms with Crippen LogP contribution in [0, 0.1) is 17.8 Å². The van der Waals surface area contributed by atoms with Gasteiger partial charge >= 0.3 is 0 Å². The van der Waals surface area contributed by atoms with Crippen molar-refractivity contribution in [3.8, 4) is 0 Å². The Labute approximate surface area is 131 Å². The number of thiol groups is 2. The summed E-state index contributed by atoms with van der Waals surface area (Å²) in [6.45, 7) is 9.40. The van der Waals surface area contributed by atoms with Crippen molar-refractivity contribution < 1.29 is 0 Å². The summed E-state index contributed by atoms with van der Waals surface area (Å²) in [4.78, 5) is 0. The van der Waals surface area contributed by atoms with E-state index in [0.29, 0.717) is 11.8 Å². The summed E-state index contributed by atoms with van der Waals surface area (Å²) in [5.74, 6) is 3.16. The Balaban J connectivity index is 2.73. The fourth-order valence-electron chi connectivity index (χ4n) is 3.34. The molecule has 4 unspecified atom stereocenters. The molecule has 0 heterocycles. The molecule has 0 amide bonds. The molecular formula is C17H32S2. The lowest BCUT2D eigenvalue weighted by atomic mass is 9.72. The second-order valence-corrected chi connectivity index (χ2v) is 8.23. The third kappa shape index (κ3) is 5.38. The molecule has 0 aromatic heterocycles. The minimum Gasteiger partial charge on any atom is -0.179 e. The Morgan fingerprint density at radius 1 is 1.47 bits per heavy atom. The maximum atomic E-state index is 4.99. The van der Waals surface area contributed by atoms with E-state index in [1.54, 1.807) is 5.57 Å². The zero-order chi connectivity index (χ0) is 14.5. The topological polar surface area (TPSA) is 0 Å². The van der Waals surface area contributed by atoms with Crippen LogP contribution in [0.5, 0.6) is 0 Å². The smallest absolute Gasteiger partial charge is 0.0132 e. The van der Waals surface area contributed by atoms with Crippen LogP contribution in [-0.4, -0.2) is 10.5 Å². The van der Waals surface area contributed by atoms with Crippen LogP contribution in [0.2, 0.25) is 0 Å². The van der Waals surface area contributed by atoms with Crippen molar-refractivity contribution in [2.75, 3.05) is 5.75 Å². The van der Waals surface area contributed by atoms with E-state index >= 15 is 0 Å². The molecule has 0 saturated heterocycles. The summed E-state index contributed by atoms with van der Waals surface area (Å²) in [5.41, 5.74) is 1.63. The predicted octanol–water partition coefficient (Wildman–Crippen LogP) is 5.79. The van der Waals surface area contributed by atoms with Crippen molar-refractivity contribution in [2.45, 2.75) is 71.0 Å². The van der Waals surface area contributed by atoms with Gasteiger partial charge in [0.1, 0.15) is 0 Å². The molecule has 0 aromatic carbocycles. The lowest BCUT2D eigenvalue weighted by Crippen LogP contribution is -2.34. The van der Waals surface area contributed by atoms with Crippen LogP contribution in [0.4, 0.5) is 0 Å². The van der Waals surface area contributed by atoms with Gasteiger partial charge in [0.15, 0.2) is 0 Å². The van der Waals surface area contributed by atoms with E-state index in [9.17, 15) is 0 Å². The lowest BCUT2D eigenvalue weighted by molar-refractivity contribution is 0.264. The largest absolute Gasteiger partial charge is 0.179 e. The van der Waals surface area contributed by atoms with Crippen LogP contribution in [-0.2, 0) is 0 Å². The van der Waals surface area contributed by atoms with Gasteiger partial charge in [0.2, 0.25) is 0 Å². The number of allylic oxidation sites excluding steroid dienone is 2. The first kappa shape index (κ1) is 17.5. The zero-order valence-electron chi connectivity index (χ0n) is 13.2. The highest BCUT2D eigenvalue weighted by Crippen LogP contribution is 2.42. The van der Waals surface area contributed by atoms with Gasteiger partial charge in [0.25, 0.3) is 0 Å². The fraction of sp³-hybridized carbons (Fsp3) is 0.882. The Hall–Kier alpha value is 0.440. The first-order chi connectivity index (χ1) is 8.90. The van der Waals surface area contributed by atoms with Gasteiger partial charge in [-0.05, 0) is 49.2 Å². The van der Waals surface area contributed by atoms with Crippen LogP contribution in [0.25, 0.3) is 0 Å². The summed E-state index contributed by atoms with van der Waals surface area (Å²) >= 11 is 9.38. The quantitative estimate of drug-likeness (QED) is 0.431. The number of hydrogen-bond acceptors (Lipinski definition) is 2. The first-order valence-electron chi connectivity index (χ1n) is 7.93. The van der Waals surface area contributed by atoms with Crippen LogP contribution < -0.4 is 0 Å². The maximum absolute atomic E-state index is 4.99. The maximum Gasteiger partial charge on any atom is 0.0132 e. The van der Waals surface area contributed by atoms with Crippen molar-refractivity contribution in [1.29, 1.82) is 0 Å². The molecule has 4 atom stereocenters. The molecule has 0 nitrogen and oxygen atoms in total. The molecule has 112 valence electrons. The first-order valence-corrected chi connectivity index (χ1v) is 9.01. The van der Waals surface area contributed by atoms with Gasteiger partial charge in [0, 0.05) is 4.75 Å². The average Bonchev–Trinajstić information content (AvgIpc) is 2.35. The van der Waals surface area contributed by atoms with E-state index in [2.05, 4.69) is 46.4 Å². The van der Waals surface area contributed by atoms with Gasteiger partial charge in [-0.25, -0.2) is 0 Å². The van der Waals surface area contributed by atoms with E-state index in [-0.39, 0.29) is 4.75 Å². The van der Waals surface area contributed by atoms with Gasteiger partial charge in [-0.2, -0.15) is 25.3 Å². The van der Waals surface area contributed by atoms with Crippen LogP contribution in [0.15, 0.2) is 11.6 Å². The Bertz CT molecular complexity index is 294. The molecule has 0 radical (unpaired) electrons. The van der Waals surface area contributed by atoms with Gasteiger partial charge in [0.05, 0.1) is 0 Å². The number of unbranched alkanes of at least 4 members (excludes halogenated alkanes) is 1. The molecule has 0 fully saturated rings. The molecular weight excluding hydrogens is 268 g/mol. The number of rotatable bonds is 7. The van der Waals surface area contributed by atoms with E-state index in [1.165, 1.54) is 32.1 Å². The van der Waals surface area contributed by atoms with E-state index < -0.39 is 0 Å². The normalized spacial score (nSPS) is 28.6. The van der Waals surface area contributed by atoms with Crippen molar-refractivity contribution in [3.63, 3.8) is 0 Å². The molecule has 0 spiro atoms. The molecule has 1 aliphatic rings. The van der Waals surface area contributed by atoms with Crippen molar-refractivity contribution in [1.82, 2.24) is 0 Å². The molecule has 1 rings (SSSR count). The van der Waals surface area contributed by atoms with E-state index in [4.69, 9.17) is 12.6 Å². The van der Waals surface area contributed by atoms with E-state index in [1.807, 2.05) is 0 Å². The average molecular weight is 301 g/mol. The van der Waals surface area contributed by atoms with Crippen molar-refractivity contribution in [3.05, 3.63) is 11.6 Å². The molecule has 0 aromatic rings. The van der Waals surface area contributed by atoms with Crippen molar-refractivity contribution in [2.24, 2.45) is 17.8 Å². The highest BCUT2D eigenvalue weighted by Gasteiger charge is 2.34. The summed E-state index contributed by atoms with van der Waals surface area (Å²) in [5, 5.41) is 0. The Kier molecular flexibility index (Phi) is 7.39. The number of hydrogen-bond donors (Lipinski definition) is 2. The summed E-state index contributed by atoms with van der Waals surface area (Å²) in [6.07, 6.45) is 10.1. The van der Waals surface area contributed by atoms with Crippen molar-refractivity contribution >= 4 is 25.3 Å². The minimum atomic E-state index is 0.167. The van der Waals surface area contributed by atoms with Crippen LogP contribution in [0.1, 0.15) is 66.2 Å². The lowest BCUT2D eigenvalue weighted by Gasteiger charge is -2.39. The third-order valence-corrected chi connectivity index (χ3v) is 5.68. The SMILES string of the molecule is CCCCC(C)(S)C(C)C1C=C(CCS)CC(C)C1. The Morgan fingerprint density at radius 2 is 2.16 bits per heavy atom. The third-order valence-electron chi connectivity index (χ3n) is 4.83. The summed E-state index contributed by atoms with van der Waals surface area (Å²) in [7, 11) is 0. The van der Waals surface area contributed by atoms with Gasteiger partial charge in [-0.15, -0.1) is 0 Å². The second-order valence-electron chi connectivity index (χ2n) is 6.76. The van der Waals surface area contributed by atoms with E-state index in [0.717, 1.165) is 18.1 Å². The second kappa shape index (κ2) is 8.02. The molecule has 1 aliphatic carbocycles. The summed E-state index contributed by atoms with van der Waals surface area (Å²) in [6, 6.07) is 0. The molecule has 2 heteroatoms. The van der Waals surface area contributed by atoms with Crippen LogP contribution in [0.3, 0.4) is 0 Å². The molecule has 0 N–H and O–H groups in total. The zero-order valence-corrected chi connectivity index (χ0v) is 14.9. The highest BCUT2D eigenvalue weighted by molar-refractivity contribution is 7.81. The molecule has 0 bridgehead atoms. The molecule has 19 heavy (non-hydrogen) atoms. The predicted molar refractivity (Wildman–Crippen MR) is 94.5 cm³/mol. The molecule has 0 saturated carbocycles. The van der Waals surface area contributed by atoms with Gasteiger partial charge in [-0.3, -0.25) is 0 Å². The van der Waals surface area contributed by atoms with Gasteiger partial charge < -0.3 is 0 Å². The highest BCUT2D eigenvalue weighted by atomic mass is 32.1. The van der Waals surface area contributed by atoms with Gasteiger partial charge in [-0.1, -0.05) is 52.2 Å². The fourth-order valence-corrected chi connectivity index (χ4v) is 3.97. The van der Waals surface area contributed by atoms with Crippen LogP contribution >= 0.6 is 25.3 Å². The summed E-state index contributed by atoms with van der Waals surface area (Å²) < 4.78 is 0.167. The monoisotopic (exact) mass is 300 g/mol. The Morgan fingerprint density at radius 3 is 2.74 bits per heavy atom. The standard InChI is InChI=1S/C17H32S2/c1-5-6-8-17(4,19)14(3)16-11-13(2)10-15(12-16)7-9-18/h12-14,16,18-19H,5-11H2,1-4H3. The minimum absolute atomic E-state index is 0.167.